The number of urea groups is 1. The topological polar surface area (TPSA) is 61.4 Å². The zero-order valence-electron chi connectivity index (χ0n) is 15.0. The lowest BCUT2D eigenvalue weighted by atomic mass is 10.1. The second kappa shape index (κ2) is 6.80. The zero-order valence-corrected chi connectivity index (χ0v) is 15.8. The Kier molecular flexibility index (Phi) is 4.13. The fourth-order valence-electron chi connectivity index (χ4n) is 3.89. The highest BCUT2D eigenvalue weighted by Gasteiger charge is 2.40. The van der Waals surface area contributed by atoms with Crippen LogP contribution in [0, 0.1) is 0 Å². The van der Waals surface area contributed by atoms with Gasteiger partial charge in [0, 0.05) is 29.9 Å². The van der Waals surface area contributed by atoms with Crippen molar-refractivity contribution in [1.29, 1.82) is 0 Å². The molecule has 2 aromatic heterocycles. The van der Waals surface area contributed by atoms with Gasteiger partial charge in [-0.2, -0.15) is 0 Å². The third kappa shape index (κ3) is 2.96. The van der Waals surface area contributed by atoms with Crippen molar-refractivity contribution in [1.82, 2.24) is 9.97 Å². The van der Waals surface area contributed by atoms with Gasteiger partial charge in [-0.05, 0) is 42.8 Å². The number of carbonyl (C=O) groups excluding carboxylic acids is 1. The molecule has 1 saturated heterocycles. The number of nitrogens with one attached hydrogen (secondary N) is 1. The van der Waals surface area contributed by atoms with Crippen molar-refractivity contribution in [2.45, 2.75) is 12.5 Å². The fourth-order valence-corrected chi connectivity index (χ4v) is 4.08. The normalized spacial score (nSPS) is 17.4. The first kappa shape index (κ1) is 17.0. The molecule has 3 aromatic rings. The van der Waals surface area contributed by atoms with E-state index in [1.165, 1.54) is 0 Å². The van der Waals surface area contributed by atoms with Crippen molar-refractivity contribution in [3.63, 3.8) is 0 Å². The maximum absolute atomic E-state index is 13.1. The zero-order chi connectivity index (χ0) is 19.1. The molecule has 0 spiro atoms. The number of carbonyl (C=O) groups is 1. The first-order valence-electron chi connectivity index (χ1n) is 9.22. The Labute approximate surface area is 167 Å². The largest absolute Gasteiger partial charge is 0.366 e. The van der Waals surface area contributed by atoms with Gasteiger partial charge in [0.1, 0.15) is 5.82 Å². The maximum Gasteiger partial charge on any atom is 0.329 e. The van der Waals surface area contributed by atoms with Crippen molar-refractivity contribution in [2.24, 2.45) is 0 Å². The molecule has 5 rings (SSSR count). The second-order valence-electron chi connectivity index (χ2n) is 6.95. The van der Waals surface area contributed by atoms with Crippen molar-refractivity contribution in [3.05, 3.63) is 65.8 Å². The molecule has 1 N–H and O–H groups in total. The van der Waals surface area contributed by atoms with Crippen molar-refractivity contribution < 1.29 is 4.79 Å². The summed E-state index contributed by atoms with van der Waals surface area (Å²) in [6.07, 6.45) is 2.57. The molecule has 2 bridgehead atoms. The molecule has 1 fully saturated rings. The van der Waals surface area contributed by atoms with Crippen LogP contribution >= 0.6 is 11.6 Å². The minimum absolute atomic E-state index is 0.0957. The van der Waals surface area contributed by atoms with Gasteiger partial charge in [-0.1, -0.05) is 29.8 Å². The summed E-state index contributed by atoms with van der Waals surface area (Å²) >= 11 is 6.15. The molecule has 140 valence electrons. The Bertz CT molecular complexity index is 1040. The summed E-state index contributed by atoms with van der Waals surface area (Å²) in [6.45, 7) is 1.74. The minimum Gasteiger partial charge on any atom is -0.366 e. The third-order valence-electron chi connectivity index (χ3n) is 5.19. The van der Waals surface area contributed by atoms with Gasteiger partial charge in [0.2, 0.25) is 0 Å². The fraction of sp³-hybridized carbons (Fsp3) is 0.190. The number of halogens is 1. The number of hydrogen-bond donors (Lipinski definition) is 1. The summed E-state index contributed by atoms with van der Waals surface area (Å²) in [7, 11) is 0. The monoisotopic (exact) mass is 391 g/mol. The van der Waals surface area contributed by atoms with Gasteiger partial charge in [0.15, 0.2) is 5.82 Å². The molecule has 7 heteroatoms. The molecule has 1 unspecified atom stereocenters. The Hall–Kier alpha value is -3.12. The lowest BCUT2D eigenvalue weighted by Gasteiger charge is -2.35. The van der Waals surface area contributed by atoms with E-state index in [4.69, 9.17) is 16.6 Å². The lowest BCUT2D eigenvalue weighted by molar-refractivity contribution is 0.254. The van der Waals surface area contributed by atoms with Gasteiger partial charge in [0.05, 0.1) is 17.4 Å². The minimum atomic E-state index is -0.206. The lowest BCUT2D eigenvalue weighted by Crippen LogP contribution is -2.48. The molecule has 0 radical (unpaired) electrons. The van der Waals surface area contributed by atoms with E-state index in [1.807, 2.05) is 48.5 Å². The SMILES string of the molecule is O=C(Nc1ccccn1)N1c2nc(-c3cccc(Cl)c3)ccc2N2CCC1C2. The summed E-state index contributed by atoms with van der Waals surface area (Å²) < 4.78 is 0. The maximum atomic E-state index is 13.1. The number of benzene rings is 1. The van der Waals surface area contributed by atoms with Gasteiger partial charge in [0.25, 0.3) is 0 Å². The number of pyridine rings is 2. The highest BCUT2D eigenvalue weighted by Crippen LogP contribution is 2.40. The van der Waals surface area contributed by atoms with Crippen LogP contribution in [0.1, 0.15) is 6.42 Å². The predicted octanol–water partition coefficient (Wildman–Crippen LogP) is 4.43. The average molecular weight is 392 g/mol. The quantitative estimate of drug-likeness (QED) is 0.702. The number of nitrogens with zero attached hydrogens (tertiary/aromatic N) is 4. The Morgan fingerprint density at radius 2 is 2.07 bits per heavy atom. The van der Waals surface area contributed by atoms with Gasteiger partial charge in [-0.3, -0.25) is 10.2 Å². The standard InChI is InChI=1S/C21H18ClN5O/c22-15-5-3-4-14(12-15)17-7-8-18-20(24-17)27(16-9-11-26(18)13-16)21(28)25-19-6-1-2-10-23-19/h1-8,10,12,16H,9,11,13H2,(H,23,25,28). The van der Waals surface area contributed by atoms with E-state index in [9.17, 15) is 4.79 Å². The number of hydrogen-bond acceptors (Lipinski definition) is 4. The average Bonchev–Trinajstić information content (AvgIpc) is 3.13. The van der Waals surface area contributed by atoms with Gasteiger partial charge >= 0.3 is 6.03 Å². The Morgan fingerprint density at radius 1 is 1.14 bits per heavy atom. The molecule has 0 saturated carbocycles. The van der Waals surface area contributed by atoms with Crippen LogP contribution in [0.2, 0.25) is 5.02 Å². The summed E-state index contributed by atoms with van der Waals surface area (Å²) in [5.41, 5.74) is 2.70. The predicted molar refractivity (Wildman–Crippen MR) is 111 cm³/mol. The number of amides is 2. The van der Waals surface area contributed by atoms with E-state index in [0.717, 1.165) is 36.5 Å². The third-order valence-corrected chi connectivity index (χ3v) is 5.43. The van der Waals surface area contributed by atoms with Crippen LogP contribution in [-0.4, -0.2) is 35.1 Å². The smallest absolute Gasteiger partial charge is 0.329 e. The Morgan fingerprint density at radius 3 is 2.89 bits per heavy atom. The van der Waals surface area contributed by atoms with E-state index in [1.54, 1.807) is 17.2 Å². The van der Waals surface area contributed by atoms with E-state index < -0.39 is 0 Å². The first-order chi connectivity index (χ1) is 13.7. The van der Waals surface area contributed by atoms with Crippen LogP contribution in [0.15, 0.2) is 60.8 Å². The highest BCUT2D eigenvalue weighted by molar-refractivity contribution is 6.30. The van der Waals surface area contributed by atoms with Gasteiger partial charge in [-0.15, -0.1) is 0 Å². The highest BCUT2D eigenvalue weighted by atomic mass is 35.5. The van der Waals surface area contributed by atoms with Crippen molar-refractivity contribution >= 4 is 35.0 Å². The molecule has 28 heavy (non-hydrogen) atoms. The van der Waals surface area contributed by atoms with Crippen molar-refractivity contribution in [2.75, 3.05) is 28.2 Å². The number of rotatable bonds is 2. The van der Waals surface area contributed by atoms with Crippen LogP contribution in [0.4, 0.5) is 22.1 Å². The van der Waals surface area contributed by atoms with Crippen LogP contribution in [0.25, 0.3) is 11.3 Å². The molecule has 2 aliphatic rings. The summed E-state index contributed by atoms with van der Waals surface area (Å²) in [4.78, 5) is 26.2. The van der Waals surface area contributed by atoms with E-state index in [2.05, 4.69) is 15.2 Å². The van der Waals surface area contributed by atoms with E-state index >= 15 is 0 Å². The van der Waals surface area contributed by atoms with Crippen LogP contribution in [-0.2, 0) is 0 Å². The molecule has 2 aliphatic heterocycles. The number of fused-ring (bicyclic) bond motifs is 4. The number of aromatic nitrogens is 2. The van der Waals surface area contributed by atoms with Crippen LogP contribution in [0.3, 0.4) is 0 Å². The molecule has 1 aromatic carbocycles. The molecular weight excluding hydrogens is 374 g/mol. The van der Waals surface area contributed by atoms with Crippen molar-refractivity contribution in [3.8, 4) is 11.3 Å². The van der Waals surface area contributed by atoms with Gasteiger partial charge in [-0.25, -0.2) is 14.8 Å². The van der Waals surface area contributed by atoms with Crippen LogP contribution in [0.5, 0.6) is 0 Å². The second-order valence-corrected chi connectivity index (χ2v) is 7.39. The Balaban J connectivity index is 1.54. The van der Waals surface area contributed by atoms with Gasteiger partial charge < -0.3 is 4.90 Å². The molecule has 1 atom stereocenters. The molecule has 4 heterocycles. The molecule has 6 nitrogen and oxygen atoms in total. The number of anilines is 3. The summed E-state index contributed by atoms with van der Waals surface area (Å²) in [5, 5.41) is 3.56. The van der Waals surface area contributed by atoms with E-state index in [0.29, 0.717) is 16.7 Å². The van der Waals surface area contributed by atoms with E-state index in [-0.39, 0.29) is 12.1 Å². The molecular formula is C21H18ClN5O. The van der Waals surface area contributed by atoms with Crippen LogP contribution < -0.4 is 15.1 Å². The summed E-state index contributed by atoms with van der Waals surface area (Å²) in [5.74, 6) is 1.21. The molecule has 2 amide bonds. The molecule has 0 aliphatic carbocycles. The first-order valence-corrected chi connectivity index (χ1v) is 9.60. The summed E-state index contributed by atoms with van der Waals surface area (Å²) in [6, 6.07) is 16.9.